The summed E-state index contributed by atoms with van der Waals surface area (Å²) in [5.74, 6) is 0.500. The summed E-state index contributed by atoms with van der Waals surface area (Å²) in [6, 6.07) is 17.7. The largest absolute Gasteiger partial charge is 0.416 e. The van der Waals surface area contributed by atoms with E-state index in [4.69, 9.17) is 16.6 Å². The van der Waals surface area contributed by atoms with Crippen LogP contribution in [-0.4, -0.2) is 37.8 Å². The molecule has 0 fully saturated rings. The van der Waals surface area contributed by atoms with Gasteiger partial charge in [-0.2, -0.15) is 26.3 Å². The lowest BCUT2D eigenvalue weighted by molar-refractivity contribution is -0.143. The van der Waals surface area contributed by atoms with Gasteiger partial charge in [-0.1, -0.05) is 65.3 Å². The van der Waals surface area contributed by atoms with Crippen LogP contribution < -0.4 is 0 Å². The van der Waals surface area contributed by atoms with Gasteiger partial charge >= 0.3 is 12.4 Å². The zero-order chi connectivity index (χ0) is 29.6. The lowest BCUT2D eigenvalue weighted by atomic mass is 10.0. The summed E-state index contributed by atoms with van der Waals surface area (Å²) in [6.07, 6.45) is -9.93. The van der Waals surface area contributed by atoms with Gasteiger partial charge < -0.3 is 4.90 Å². The van der Waals surface area contributed by atoms with Crippen LogP contribution in [0.5, 0.6) is 0 Å². The molecule has 2 heterocycles. The van der Waals surface area contributed by atoms with Crippen LogP contribution in [-0.2, 0) is 25.4 Å². The number of hydrogen-bond donors (Lipinski definition) is 0. The molecule has 1 aliphatic rings. The number of aliphatic imine (C=N–C) groups is 1. The molecule has 5 rings (SSSR count). The Morgan fingerprint density at radius 2 is 1.44 bits per heavy atom. The van der Waals surface area contributed by atoms with Crippen molar-refractivity contribution < 1.29 is 26.3 Å². The van der Waals surface area contributed by atoms with Crippen molar-refractivity contribution in [1.29, 1.82) is 0 Å². The highest BCUT2D eigenvalue weighted by atomic mass is 35.5. The number of amidine groups is 1. The molecule has 0 amide bonds. The second-order valence-electron chi connectivity index (χ2n) is 10.4. The minimum atomic E-state index is -4.96. The number of hydrogen-bond acceptors (Lipinski definition) is 4. The predicted octanol–water partition coefficient (Wildman–Crippen LogP) is 7.73. The molecule has 4 aromatic rings. The highest BCUT2D eigenvalue weighted by Crippen LogP contribution is 2.37. The lowest BCUT2D eigenvalue weighted by Gasteiger charge is -2.23. The molecule has 214 valence electrons. The number of aromatic nitrogens is 3. The summed E-state index contributed by atoms with van der Waals surface area (Å²) in [6.45, 7) is 4.45. The third-order valence-electron chi connectivity index (χ3n) is 6.58. The number of alkyl halides is 6. The van der Waals surface area contributed by atoms with Crippen molar-refractivity contribution in [3.05, 3.63) is 106 Å². The first-order valence-corrected chi connectivity index (χ1v) is 12.9. The third-order valence-corrected chi connectivity index (χ3v) is 6.95. The van der Waals surface area contributed by atoms with Crippen LogP contribution in [0.15, 0.2) is 77.8 Å². The maximum absolute atomic E-state index is 13.5. The summed E-state index contributed by atoms with van der Waals surface area (Å²) in [5, 5.41) is 9.13. The molecule has 5 nitrogen and oxygen atoms in total. The average Bonchev–Trinajstić information content (AvgIpc) is 3.44. The number of rotatable bonds is 6. The van der Waals surface area contributed by atoms with Crippen molar-refractivity contribution in [3.8, 4) is 11.3 Å². The predicted molar refractivity (Wildman–Crippen MR) is 143 cm³/mol. The van der Waals surface area contributed by atoms with E-state index in [0.717, 1.165) is 5.56 Å². The number of halogens is 7. The van der Waals surface area contributed by atoms with Gasteiger partial charge in [0, 0.05) is 23.7 Å². The van der Waals surface area contributed by atoms with Crippen LogP contribution in [0.2, 0.25) is 5.02 Å². The maximum atomic E-state index is 13.5. The van der Waals surface area contributed by atoms with Crippen LogP contribution in [0.3, 0.4) is 0 Å². The fourth-order valence-electron chi connectivity index (χ4n) is 4.84. The van der Waals surface area contributed by atoms with Crippen molar-refractivity contribution in [3.63, 3.8) is 0 Å². The molecule has 0 atom stereocenters. The third kappa shape index (κ3) is 6.24. The number of benzene rings is 3. The molecular weight excluding hydrogens is 568 g/mol. The monoisotopic (exact) mass is 591 g/mol. The highest BCUT2D eigenvalue weighted by Gasteiger charge is 2.38. The van der Waals surface area contributed by atoms with Gasteiger partial charge in [0.15, 0.2) is 11.5 Å². The maximum Gasteiger partial charge on any atom is 0.416 e. The molecular formula is C29H24ClF6N5. The lowest BCUT2D eigenvalue weighted by Crippen LogP contribution is -2.32. The molecule has 0 saturated heterocycles. The first-order chi connectivity index (χ1) is 19.2. The normalized spacial score (nSPS) is 15.3. The zero-order valence-electron chi connectivity index (χ0n) is 21.9. The Morgan fingerprint density at radius 1 is 0.829 bits per heavy atom. The molecule has 0 N–H and O–H groups in total. The van der Waals surface area contributed by atoms with E-state index in [1.165, 1.54) is 4.68 Å². The van der Waals surface area contributed by atoms with E-state index in [2.05, 4.69) is 10.3 Å². The van der Waals surface area contributed by atoms with Crippen LogP contribution in [0.1, 0.15) is 41.8 Å². The Kier molecular flexibility index (Phi) is 7.35. The summed E-state index contributed by atoms with van der Waals surface area (Å²) in [4.78, 5) is 6.88. The van der Waals surface area contributed by atoms with Crippen LogP contribution >= 0.6 is 11.6 Å². The minimum Gasteiger partial charge on any atom is -0.348 e. The Bertz CT molecular complexity index is 1560. The van der Waals surface area contributed by atoms with E-state index in [1.807, 2.05) is 36.9 Å². The van der Waals surface area contributed by atoms with Gasteiger partial charge in [-0.3, -0.25) is 4.99 Å². The molecule has 0 aliphatic carbocycles. The smallest absolute Gasteiger partial charge is 0.348 e. The summed E-state index contributed by atoms with van der Waals surface area (Å²) in [7, 11) is 0. The summed E-state index contributed by atoms with van der Waals surface area (Å²) in [5.41, 5.74) is -1.25. The fraction of sp³-hybridized carbons (Fsp3) is 0.276. The SMILES string of the molecule is CC1(C)CN(Cc2ccccc2Cl)C(c2nnn(Cc3cc(C(F)(F)F)cc(C(F)(F)F)c3)c2-c2ccccc2)=N1. The van der Waals surface area contributed by atoms with Gasteiger partial charge in [-0.05, 0) is 49.2 Å². The minimum absolute atomic E-state index is 0.107. The quantitative estimate of drug-likeness (QED) is 0.216. The second-order valence-corrected chi connectivity index (χ2v) is 10.8. The Hall–Kier alpha value is -3.86. The van der Waals surface area contributed by atoms with Crippen LogP contribution in [0, 0.1) is 0 Å². The molecule has 0 spiro atoms. The molecule has 0 radical (unpaired) electrons. The fourth-order valence-corrected chi connectivity index (χ4v) is 5.04. The van der Waals surface area contributed by atoms with Crippen LogP contribution in [0.25, 0.3) is 11.3 Å². The molecule has 12 heteroatoms. The van der Waals surface area contributed by atoms with Gasteiger partial charge in [-0.25, -0.2) is 4.68 Å². The van der Waals surface area contributed by atoms with E-state index in [1.54, 1.807) is 36.4 Å². The zero-order valence-corrected chi connectivity index (χ0v) is 22.7. The Labute approximate surface area is 237 Å². The first kappa shape index (κ1) is 28.7. The first-order valence-electron chi connectivity index (χ1n) is 12.6. The van der Waals surface area contributed by atoms with Crippen molar-refractivity contribution in [1.82, 2.24) is 19.9 Å². The van der Waals surface area contributed by atoms with E-state index in [-0.39, 0.29) is 18.2 Å². The molecule has 0 saturated carbocycles. The van der Waals surface area contributed by atoms with Crippen molar-refractivity contribution >= 4 is 17.4 Å². The summed E-state index contributed by atoms with van der Waals surface area (Å²) >= 11 is 6.42. The van der Waals surface area contributed by atoms with Gasteiger partial charge in [0.2, 0.25) is 0 Å². The highest BCUT2D eigenvalue weighted by molar-refractivity contribution is 6.31. The van der Waals surface area contributed by atoms with Gasteiger partial charge in [0.05, 0.1) is 23.2 Å². The molecule has 0 bridgehead atoms. The summed E-state index contributed by atoms with van der Waals surface area (Å²) < 4.78 is 82.4. The van der Waals surface area contributed by atoms with Crippen molar-refractivity contribution in [2.75, 3.05) is 6.54 Å². The van der Waals surface area contributed by atoms with Gasteiger partial charge in [0.1, 0.15) is 5.69 Å². The Morgan fingerprint density at radius 3 is 2.05 bits per heavy atom. The van der Waals surface area contributed by atoms with Crippen molar-refractivity contribution in [2.24, 2.45) is 4.99 Å². The van der Waals surface area contributed by atoms with E-state index >= 15 is 0 Å². The Balaban J connectivity index is 1.61. The number of nitrogens with zero attached hydrogens (tertiary/aromatic N) is 5. The molecule has 1 aliphatic heterocycles. The van der Waals surface area contributed by atoms with Crippen molar-refractivity contribution in [2.45, 2.75) is 44.8 Å². The second kappa shape index (κ2) is 10.5. The van der Waals surface area contributed by atoms with E-state index < -0.39 is 29.0 Å². The van der Waals surface area contributed by atoms with Gasteiger partial charge in [-0.15, -0.1) is 5.10 Å². The van der Waals surface area contributed by atoms with E-state index in [0.29, 0.717) is 53.0 Å². The van der Waals surface area contributed by atoms with Gasteiger partial charge in [0.25, 0.3) is 0 Å². The molecule has 41 heavy (non-hydrogen) atoms. The standard InChI is InChI=1S/C29H24ClF6N5/c1-27(2)17-40(16-20-10-6-7-11-23(20)30)26(37-27)24-25(19-8-4-3-5-9-19)41(39-38-24)15-18-12-21(28(31,32)33)14-22(13-18)29(34,35)36/h3-14H,15-17H2,1-2H3. The topological polar surface area (TPSA) is 46.3 Å². The van der Waals surface area contributed by atoms with Crippen LogP contribution in [0.4, 0.5) is 26.3 Å². The molecule has 1 aromatic heterocycles. The molecule has 3 aromatic carbocycles. The van der Waals surface area contributed by atoms with E-state index in [9.17, 15) is 26.3 Å². The molecule has 0 unspecified atom stereocenters. The average molecular weight is 592 g/mol.